The average Bonchev–Trinajstić information content (AvgIpc) is 2.99. The summed E-state index contributed by atoms with van der Waals surface area (Å²) in [5.41, 5.74) is 1.35. The van der Waals surface area contributed by atoms with Gasteiger partial charge in [0.15, 0.2) is 0 Å². The second kappa shape index (κ2) is 6.24. The molecule has 3 heterocycles. The smallest absolute Gasteiger partial charge is 0.223 e. The van der Waals surface area contributed by atoms with E-state index in [1.807, 2.05) is 18.2 Å². The summed E-state index contributed by atoms with van der Waals surface area (Å²) in [6, 6.07) is 6.76. The van der Waals surface area contributed by atoms with Gasteiger partial charge in [-0.1, -0.05) is 38.4 Å². The highest BCUT2D eigenvalue weighted by Gasteiger charge is 2.52. The van der Waals surface area contributed by atoms with E-state index in [4.69, 9.17) is 16.6 Å². The highest BCUT2D eigenvalue weighted by Crippen LogP contribution is 2.53. The van der Waals surface area contributed by atoms with Crippen LogP contribution in [0.3, 0.4) is 0 Å². The molecule has 2 bridgehead atoms. The molecule has 1 amide bonds. The second-order valence-electron chi connectivity index (χ2n) is 8.18. The fourth-order valence-corrected chi connectivity index (χ4v) is 6.07. The fraction of sp³-hybridized carbons (Fsp3) is 0.600. The Bertz CT molecular complexity index is 811. The Labute approximate surface area is 158 Å². The van der Waals surface area contributed by atoms with Crippen molar-refractivity contribution in [3.8, 4) is 0 Å². The van der Waals surface area contributed by atoms with E-state index < -0.39 is 0 Å². The summed E-state index contributed by atoms with van der Waals surface area (Å²) in [5, 5.41) is 1.70. The van der Waals surface area contributed by atoms with Crippen molar-refractivity contribution in [2.45, 2.75) is 70.9 Å². The van der Waals surface area contributed by atoms with Crippen molar-refractivity contribution in [1.29, 1.82) is 0 Å². The molecule has 3 nitrogen and oxygen atoms in total. The molecule has 1 aromatic carbocycles. The van der Waals surface area contributed by atoms with Crippen LogP contribution in [0.15, 0.2) is 18.2 Å². The molecule has 5 heteroatoms. The summed E-state index contributed by atoms with van der Waals surface area (Å²) in [7, 11) is 0. The number of para-hydroxylation sites is 1. The summed E-state index contributed by atoms with van der Waals surface area (Å²) in [4.78, 5) is 20.0. The number of halogens is 1. The topological polar surface area (TPSA) is 33.2 Å². The second-order valence-corrected chi connectivity index (χ2v) is 9.65. The number of benzene rings is 1. The molecule has 0 N–H and O–H groups in total. The molecule has 25 heavy (non-hydrogen) atoms. The quantitative estimate of drug-likeness (QED) is 0.693. The molecule has 2 unspecified atom stereocenters. The first-order valence-corrected chi connectivity index (χ1v) is 10.5. The van der Waals surface area contributed by atoms with Crippen LogP contribution in [0.4, 0.5) is 0 Å². The molecule has 134 valence electrons. The van der Waals surface area contributed by atoms with Gasteiger partial charge in [0.2, 0.25) is 5.91 Å². The molecular formula is C20H25ClN2OS. The van der Waals surface area contributed by atoms with Crippen LogP contribution in [0, 0.1) is 5.41 Å². The third-order valence-electron chi connectivity index (χ3n) is 6.02. The van der Waals surface area contributed by atoms with Gasteiger partial charge in [-0.3, -0.25) is 4.79 Å². The van der Waals surface area contributed by atoms with Crippen LogP contribution in [0.5, 0.6) is 0 Å². The molecule has 1 saturated carbocycles. The molecular weight excluding hydrogens is 352 g/mol. The van der Waals surface area contributed by atoms with E-state index in [9.17, 15) is 4.79 Å². The Morgan fingerprint density at radius 3 is 2.88 bits per heavy atom. The van der Waals surface area contributed by atoms with Gasteiger partial charge in [0, 0.05) is 24.4 Å². The highest BCUT2D eigenvalue weighted by atomic mass is 35.5. The number of fused-ring (bicyclic) bond motifs is 3. The zero-order valence-electron chi connectivity index (χ0n) is 15.1. The molecule has 2 atom stereocenters. The van der Waals surface area contributed by atoms with Gasteiger partial charge in [0.25, 0.3) is 0 Å². The van der Waals surface area contributed by atoms with E-state index in [-0.39, 0.29) is 5.92 Å². The maximum Gasteiger partial charge on any atom is 0.223 e. The van der Waals surface area contributed by atoms with Crippen LogP contribution in [-0.2, 0) is 4.79 Å². The van der Waals surface area contributed by atoms with E-state index in [2.05, 4.69) is 25.7 Å². The van der Waals surface area contributed by atoms with Crippen LogP contribution >= 0.6 is 22.9 Å². The zero-order chi connectivity index (χ0) is 17.8. The van der Waals surface area contributed by atoms with Gasteiger partial charge >= 0.3 is 0 Å². The van der Waals surface area contributed by atoms with Gasteiger partial charge in [0.1, 0.15) is 5.52 Å². The van der Waals surface area contributed by atoms with Crippen molar-refractivity contribution in [1.82, 2.24) is 9.88 Å². The number of rotatable bonds is 4. The van der Waals surface area contributed by atoms with Crippen molar-refractivity contribution in [3.05, 3.63) is 28.2 Å². The largest absolute Gasteiger partial charge is 0.337 e. The molecule has 2 aromatic rings. The minimum atomic E-state index is 0.131. The van der Waals surface area contributed by atoms with Gasteiger partial charge in [-0.15, -0.1) is 11.3 Å². The molecule has 2 aliphatic heterocycles. The van der Waals surface area contributed by atoms with Gasteiger partial charge < -0.3 is 4.90 Å². The molecule has 5 rings (SSSR count). The van der Waals surface area contributed by atoms with Crippen LogP contribution in [0.25, 0.3) is 10.2 Å². The van der Waals surface area contributed by atoms with Crippen molar-refractivity contribution in [2.24, 2.45) is 5.41 Å². The van der Waals surface area contributed by atoms with E-state index in [0.29, 0.717) is 34.8 Å². The van der Waals surface area contributed by atoms with Crippen LogP contribution in [0.2, 0.25) is 5.02 Å². The monoisotopic (exact) mass is 376 g/mol. The Hall–Kier alpha value is -1.13. The number of hydrogen-bond acceptors (Lipinski definition) is 3. The Balaban J connectivity index is 1.50. The summed E-state index contributed by atoms with van der Waals surface area (Å²) < 4.78 is 1.10. The standard InChI is InChI=1S/C20H25ClN2OS/c1-4-13-9-20(3)10-14(11-20)23(13)17(24)8-12(2)19-22-18-15(21)6-5-7-16(18)25-19/h5-7,12-14H,4,8-11H2,1-3H3. The maximum absolute atomic E-state index is 13.0. The van der Waals surface area contributed by atoms with Gasteiger partial charge in [-0.25, -0.2) is 4.98 Å². The lowest BCUT2D eigenvalue weighted by atomic mass is 9.59. The first-order valence-electron chi connectivity index (χ1n) is 9.26. The fourth-order valence-electron chi connectivity index (χ4n) is 4.75. The number of thiazole rings is 1. The minimum Gasteiger partial charge on any atom is -0.337 e. The van der Waals surface area contributed by atoms with Gasteiger partial charge in [-0.05, 0) is 43.2 Å². The SMILES string of the molecule is CCC1CC2(C)CC(C2)N1C(=O)CC(C)c1nc2c(Cl)cccc2s1. The number of carbonyl (C=O) groups is 1. The van der Waals surface area contributed by atoms with Crippen LogP contribution < -0.4 is 0 Å². The molecule has 0 spiro atoms. The molecule has 3 aliphatic rings. The lowest BCUT2D eigenvalue weighted by molar-refractivity contribution is -0.155. The number of hydrogen-bond donors (Lipinski definition) is 0. The lowest BCUT2D eigenvalue weighted by Gasteiger charge is -2.59. The summed E-state index contributed by atoms with van der Waals surface area (Å²) in [6.07, 6.45) is 5.13. The molecule has 1 aromatic heterocycles. The number of amides is 1. The first kappa shape index (κ1) is 17.3. The van der Waals surface area contributed by atoms with Crippen molar-refractivity contribution < 1.29 is 4.79 Å². The summed E-state index contributed by atoms with van der Waals surface area (Å²) in [6.45, 7) is 6.69. The van der Waals surface area contributed by atoms with Gasteiger partial charge in [-0.2, -0.15) is 0 Å². The highest BCUT2D eigenvalue weighted by molar-refractivity contribution is 7.18. The molecule has 0 radical (unpaired) electrons. The lowest BCUT2D eigenvalue weighted by Crippen LogP contribution is -2.62. The molecule has 2 saturated heterocycles. The van der Waals surface area contributed by atoms with Crippen LogP contribution in [-0.4, -0.2) is 27.9 Å². The number of piperidine rings is 2. The number of carbonyl (C=O) groups excluding carboxylic acids is 1. The predicted octanol–water partition coefficient (Wildman–Crippen LogP) is 5.62. The van der Waals surface area contributed by atoms with Gasteiger partial charge in [0.05, 0.1) is 14.7 Å². The normalized spacial score (nSPS) is 29.5. The Kier molecular flexibility index (Phi) is 4.32. The maximum atomic E-state index is 13.0. The molecule has 3 fully saturated rings. The van der Waals surface area contributed by atoms with E-state index in [0.717, 1.165) is 28.1 Å². The Morgan fingerprint density at radius 2 is 2.20 bits per heavy atom. The summed E-state index contributed by atoms with van der Waals surface area (Å²) >= 11 is 7.91. The third-order valence-corrected chi connectivity index (χ3v) is 7.58. The zero-order valence-corrected chi connectivity index (χ0v) is 16.7. The van der Waals surface area contributed by atoms with E-state index in [1.165, 1.54) is 12.8 Å². The molecule has 1 aliphatic carbocycles. The minimum absolute atomic E-state index is 0.131. The number of nitrogens with zero attached hydrogens (tertiary/aromatic N) is 2. The van der Waals surface area contributed by atoms with Crippen LogP contribution in [0.1, 0.15) is 63.8 Å². The van der Waals surface area contributed by atoms with E-state index in [1.54, 1.807) is 11.3 Å². The Morgan fingerprint density at radius 1 is 1.44 bits per heavy atom. The van der Waals surface area contributed by atoms with Crippen molar-refractivity contribution in [2.75, 3.05) is 0 Å². The van der Waals surface area contributed by atoms with Crippen molar-refractivity contribution in [3.63, 3.8) is 0 Å². The van der Waals surface area contributed by atoms with E-state index >= 15 is 0 Å². The summed E-state index contributed by atoms with van der Waals surface area (Å²) in [5.74, 6) is 0.434. The number of aromatic nitrogens is 1. The predicted molar refractivity (Wildman–Crippen MR) is 104 cm³/mol. The van der Waals surface area contributed by atoms with Crippen molar-refractivity contribution >= 4 is 39.1 Å². The third kappa shape index (κ3) is 2.97. The average molecular weight is 377 g/mol. The first-order chi connectivity index (χ1) is 11.9.